The van der Waals surface area contributed by atoms with E-state index in [2.05, 4.69) is 29.1 Å². The third-order valence-electron chi connectivity index (χ3n) is 3.30. The van der Waals surface area contributed by atoms with Crippen LogP contribution in [0.2, 0.25) is 0 Å². The molecular weight excluding hydrogens is 242 g/mol. The average Bonchev–Trinajstić information content (AvgIpc) is 2.25. The van der Waals surface area contributed by atoms with E-state index in [1.807, 2.05) is 0 Å². The molecule has 0 aromatic carbocycles. The Morgan fingerprint density at radius 2 is 2.00 bits per heavy atom. The van der Waals surface area contributed by atoms with Crippen LogP contribution in [0.1, 0.15) is 55.4 Å². The van der Waals surface area contributed by atoms with Gasteiger partial charge >= 0.3 is 0 Å². The number of fused-ring (bicyclic) bond motifs is 1. The topological polar surface area (TPSA) is 72.0 Å². The fourth-order valence-electron chi connectivity index (χ4n) is 2.43. The van der Waals surface area contributed by atoms with Crippen molar-refractivity contribution in [2.75, 3.05) is 5.32 Å². The molecule has 0 bridgehead atoms. The summed E-state index contributed by atoms with van der Waals surface area (Å²) < 4.78 is 0. The van der Waals surface area contributed by atoms with Crippen molar-refractivity contribution in [3.05, 3.63) is 17.0 Å². The Balaban J connectivity index is 2.42. The van der Waals surface area contributed by atoms with E-state index in [9.17, 15) is 9.59 Å². The second-order valence-corrected chi connectivity index (χ2v) is 5.80. The molecule has 0 atom stereocenters. The van der Waals surface area contributed by atoms with Gasteiger partial charge in [0.2, 0.25) is 11.9 Å². The molecule has 1 aromatic rings. The van der Waals surface area contributed by atoms with Gasteiger partial charge in [0.05, 0.1) is 17.0 Å². The summed E-state index contributed by atoms with van der Waals surface area (Å²) in [5.74, 6) is 0.270. The molecule has 1 amide bonds. The van der Waals surface area contributed by atoms with Gasteiger partial charge in [0, 0.05) is 12.8 Å². The Labute approximate surface area is 112 Å². The summed E-state index contributed by atoms with van der Waals surface area (Å²) in [6.07, 6.45) is 1.63. The Bertz CT molecular complexity index is 550. The zero-order valence-corrected chi connectivity index (χ0v) is 11.8. The van der Waals surface area contributed by atoms with E-state index < -0.39 is 0 Å². The second-order valence-electron chi connectivity index (χ2n) is 5.80. The number of aromatic nitrogens is 2. The van der Waals surface area contributed by atoms with Crippen LogP contribution in [0.25, 0.3) is 0 Å². The lowest BCUT2D eigenvalue weighted by Crippen LogP contribution is -2.29. The van der Waals surface area contributed by atoms with Gasteiger partial charge in [0.25, 0.3) is 0 Å². The van der Waals surface area contributed by atoms with Gasteiger partial charge in [-0.25, -0.2) is 9.97 Å². The lowest BCUT2D eigenvalue weighted by molar-refractivity contribution is -0.115. The Morgan fingerprint density at radius 3 is 2.63 bits per heavy atom. The monoisotopic (exact) mass is 261 g/mol. The largest absolute Gasteiger partial charge is 0.295 e. The molecule has 0 unspecified atom stereocenters. The fourth-order valence-corrected chi connectivity index (χ4v) is 2.43. The van der Waals surface area contributed by atoms with Crippen LogP contribution >= 0.6 is 0 Å². The van der Waals surface area contributed by atoms with Gasteiger partial charge in [-0.2, -0.15) is 0 Å². The molecule has 0 aliphatic heterocycles. The molecule has 5 nitrogen and oxygen atoms in total. The smallest absolute Gasteiger partial charge is 0.229 e. The molecule has 1 aliphatic rings. The van der Waals surface area contributed by atoms with Gasteiger partial charge in [-0.15, -0.1) is 0 Å². The zero-order valence-electron chi connectivity index (χ0n) is 11.8. The molecule has 0 spiro atoms. The quantitative estimate of drug-likeness (QED) is 0.886. The number of nitrogens with one attached hydrogen (secondary N) is 1. The van der Waals surface area contributed by atoms with E-state index in [1.54, 1.807) is 13.8 Å². The molecule has 1 aliphatic carbocycles. The van der Waals surface area contributed by atoms with Crippen LogP contribution in [0.3, 0.4) is 0 Å². The van der Waals surface area contributed by atoms with Crippen LogP contribution in [-0.4, -0.2) is 21.7 Å². The number of carbonyl (C=O) groups excluding carboxylic acids is 2. The molecule has 0 saturated heterocycles. The van der Waals surface area contributed by atoms with Crippen molar-refractivity contribution in [1.82, 2.24) is 9.97 Å². The molecule has 2 rings (SSSR count). The molecule has 102 valence electrons. The van der Waals surface area contributed by atoms with E-state index in [0.29, 0.717) is 30.0 Å². The minimum Gasteiger partial charge on any atom is -0.295 e. The predicted molar refractivity (Wildman–Crippen MR) is 72.1 cm³/mol. The van der Waals surface area contributed by atoms with E-state index >= 15 is 0 Å². The molecule has 0 fully saturated rings. The number of ketones is 1. The van der Waals surface area contributed by atoms with Gasteiger partial charge in [0.1, 0.15) is 0 Å². The maximum Gasteiger partial charge on any atom is 0.229 e. The Hall–Kier alpha value is -1.78. The summed E-state index contributed by atoms with van der Waals surface area (Å²) >= 11 is 0. The molecule has 5 heteroatoms. The summed E-state index contributed by atoms with van der Waals surface area (Å²) in [6.45, 7) is 7.66. The number of hydrogen-bond acceptors (Lipinski definition) is 4. The van der Waals surface area contributed by atoms with Crippen LogP contribution in [0, 0.1) is 12.3 Å². The van der Waals surface area contributed by atoms with Crippen LogP contribution in [0.15, 0.2) is 0 Å². The molecule has 0 radical (unpaired) electrons. The van der Waals surface area contributed by atoms with Gasteiger partial charge in [-0.1, -0.05) is 20.8 Å². The fraction of sp³-hybridized carbons (Fsp3) is 0.571. The van der Waals surface area contributed by atoms with Crippen molar-refractivity contribution in [1.29, 1.82) is 0 Å². The first kappa shape index (κ1) is 13.6. The van der Waals surface area contributed by atoms with Gasteiger partial charge in [0.15, 0.2) is 5.78 Å². The molecular formula is C14H19N3O2. The number of amides is 1. The van der Waals surface area contributed by atoms with E-state index in [0.717, 1.165) is 12.1 Å². The number of carbonyl (C=O) groups is 2. The third-order valence-corrected chi connectivity index (χ3v) is 3.30. The first-order valence-electron chi connectivity index (χ1n) is 6.53. The maximum atomic E-state index is 12.1. The molecule has 1 heterocycles. The summed E-state index contributed by atoms with van der Waals surface area (Å²) in [7, 11) is 0. The highest BCUT2D eigenvalue weighted by molar-refractivity contribution is 6.00. The van der Waals surface area contributed by atoms with Crippen LogP contribution in [0.4, 0.5) is 5.95 Å². The van der Waals surface area contributed by atoms with Crippen molar-refractivity contribution in [2.45, 2.75) is 47.0 Å². The number of rotatable bonds is 2. The Kier molecular flexibility index (Phi) is 3.39. The highest BCUT2D eigenvalue weighted by Gasteiger charge is 2.33. The minimum absolute atomic E-state index is 0.0864. The zero-order chi connectivity index (χ0) is 14.2. The molecule has 1 N–H and O–H groups in total. The molecule has 19 heavy (non-hydrogen) atoms. The van der Waals surface area contributed by atoms with Crippen LogP contribution in [0.5, 0.6) is 0 Å². The highest BCUT2D eigenvalue weighted by atomic mass is 16.1. The number of hydrogen-bond donors (Lipinski definition) is 1. The van der Waals surface area contributed by atoms with Crippen molar-refractivity contribution >= 4 is 17.6 Å². The van der Waals surface area contributed by atoms with Crippen LogP contribution < -0.4 is 5.32 Å². The summed E-state index contributed by atoms with van der Waals surface area (Å²) in [6, 6.07) is 0. The Morgan fingerprint density at radius 1 is 1.32 bits per heavy atom. The number of aryl methyl sites for hydroxylation is 1. The standard InChI is InChI=1S/C14H19N3O2/c1-5-11(19)17-13-15-8(2)12-9(16-13)6-14(3,4)7-10(12)18/h5-7H2,1-4H3,(H,15,16,17,19). The molecule has 0 saturated carbocycles. The maximum absolute atomic E-state index is 12.1. The van der Waals surface area contributed by atoms with Crippen molar-refractivity contribution in [3.63, 3.8) is 0 Å². The number of anilines is 1. The normalized spacial score (nSPS) is 16.9. The van der Waals surface area contributed by atoms with Crippen molar-refractivity contribution in [2.24, 2.45) is 5.41 Å². The van der Waals surface area contributed by atoms with Gasteiger partial charge in [-0.05, 0) is 18.8 Å². The predicted octanol–water partition coefficient (Wildman–Crippen LogP) is 2.29. The lowest BCUT2D eigenvalue weighted by Gasteiger charge is -2.30. The van der Waals surface area contributed by atoms with E-state index in [-0.39, 0.29) is 17.1 Å². The lowest BCUT2D eigenvalue weighted by atomic mass is 9.75. The molecule has 1 aromatic heterocycles. The van der Waals surface area contributed by atoms with Crippen molar-refractivity contribution < 1.29 is 9.59 Å². The SMILES string of the molecule is CCC(=O)Nc1nc(C)c2c(n1)CC(C)(C)CC2=O. The van der Waals surface area contributed by atoms with Crippen LogP contribution in [-0.2, 0) is 11.2 Å². The number of Topliss-reactive ketones (excluding diaryl/α,β-unsaturated/α-hetero) is 1. The summed E-state index contributed by atoms with van der Waals surface area (Å²) in [5, 5.41) is 2.65. The van der Waals surface area contributed by atoms with E-state index in [1.165, 1.54) is 0 Å². The number of nitrogens with zero attached hydrogens (tertiary/aromatic N) is 2. The average molecular weight is 261 g/mol. The van der Waals surface area contributed by atoms with Crippen molar-refractivity contribution in [3.8, 4) is 0 Å². The van der Waals surface area contributed by atoms with E-state index in [4.69, 9.17) is 0 Å². The highest BCUT2D eigenvalue weighted by Crippen LogP contribution is 2.35. The summed E-state index contributed by atoms with van der Waals surface area (Å²) in [4.78, 5) is 32.1. The van der Waals surface area contributed by atoms with Gasteiger partial charge < -0.3 is 0 Å². The third kappa shape index (κ3) is 2.80. The minimum atomic E-state index is -0.124. The van der Waals surface area contributed by atoms with Gasteiger partial charge in [-0.3, -0.25) is 14.9 Å². The summed E-state index contributed by atoms with van der Waals surface area (Å²) in [5.41, 5.74) is 1.95. The first-order chi connectivity index (χ1) is 8.82. The first-order valence-corrected chi connectivity index (χ1v) is 6.53. The second kappa shape index (κ2) is 4.72.